The third-order valence-corrected chi connectivity index (χ3v) is 5.19. The van der Waals surface area contributed by atoms with Crippen LogP contribution in [0.15, 0.2) is 17.1 Å². The number of nitrogens with zero attached hydrogens (tertiary/aromatic N) is 2. The topological polar surface area (TPSA) is 52.8 Å². The summed E-state index contributed by atoms with van der Waals surface area (Å²) in [6.45, 7) is 0.320. The number of carbonyl (C=O) groups is 1. The van der Waals surface area contributed by atoms with Crippen LogP contribution in [0.4, 0.5) is 0 Å². The Hall–Kier alpha value is -2.26. The highest BCUT2D eigenvalue weighted by atomic mass is 32.1. The minimum atomic E-state index is -0.0634. The van der Waals surface area contributed by atoms with Crippen LogP contribution in [-0.2, 0) is 11.3 Å². The average Bonchev–Trinajstić information content (AvgIpc) is 2.83. The summed E-state index contributed by atoms with van der Waals surface area (Å²) >= 11 is 1.40. The molecule has 0 atom stereocenters. The minimum absolute atomic E-state index is 0.0586. The van der Waals surface area contributed by atoms with Crippen molar-refractivity contribution in [2.24, 2.45) is 10.9 Å². The van der Waals surface area contributed by atoms with Crippen molar-refractivity contribution >= 4 is 27.5 Å². The second-order valence-corrected chi connectivity index (χ2v) is 6.38. The van der Waals surface area contributed by atoms with Crippen molar-refractivity contribution in [1.29, 1.82) is 0 Å². The van der Waals surface area contributed by atoms with Gasteiger partial charge in [0.2, 0.25) is 0 Å². The number of hydrogen-bond donors (Lipinski definition) is 0. The van der Waals surface area contributed by atoms with Crippen molar-refractivity contribution in [2.75, 3.05) is 14.2 Å². The Morgan fingerprint density at radius 2 is 2.09 bits per heavy atom. The van der Waals surface area contributed by atoms with E-state index in [-0.39, 0.29) is 11.8 Å². The van der Waals surface area contributed by atoms with Crippen molar-refractivity contribution < 1.29 is 14.3 Å². The van der Waals surface area contributed by atoms with E-state index >= 15 is 0 Å². The van der Waals surface area contributed by atoms with E-state index in [2.05, 4.69) is 10.9 Å². The summed E-state index contributed by atoms with van der Waals surface area (Å²) < 4.78 is 13.6. The molecular weight excluding hydrogens is 312 g/mol. The van der Waals surface area contributed by atoms with Crippen LogP contribution in [0.1, 0.15) is 19.3 Å². The first-order chi connectivity index (χ1) is 11.2. The Morgan fingerprint density at radius 3 is 2.65 bits per heavy atom. The highest BCUT2D eigenvalue weighted by Gasteiger charge is 2.25. The van der Waals surface area contributed by atoms with E-state index in [1.807, 2.05) is 16.7 Å². The molecule has 120 valence electrons. The van der Waals surface area contributed by atoms with Crippen LogP contribution in [0.5, 0.6) is 11.5 Å². The van der Waals surface area contributed by atoms with Crippen LogP contribution in [0.2, 0.25) is 0 Å². The van der Waals surface area contributed by atoms with Gasteiger partial charge in [0.15, 0.2) is 4.80 Å². The molecule has 0 radical (unpaired) electrons. The molecule has 1 aliphatic rings. The fourth-order valence-corrected chi connectivity index (χ4v) is 3.76. The number of rotatable bonds is 4. The number of amides is 1. The van der Waals surface area contributed by atoms with Crippen molar-refractivity contribution in [3.05, 3.63) is 16.9 Å². The van der Waals surface area contributed by atoms with Crippen molar-refractivity contribution in [3.63, 3.8) is 0 Å². The summed E-state index contributed by atoms with van der Waals surface area (Å²) in [5.74, 6) is 4.02. The number of benzene rings is 1. The molecule has 2 aromatic rings. The van der Waals surface area contributed by atoms with Gasteiger partial charge in [-0.15, -0.1) is 6.42 Å². The summed E-state index contributed by atoms with van der Waals surface area (Å²) in [5, 5.41) is 0. The van der Waals surface area contributed by atoms with E-state index in [0.717, 1.165) is 29.5 Å². The molecule has 1 heterocycles. The molecule has 5 nitrogen and oxygen atoms in total. The predicted molar refractivity (Wildman–Crippen MR) is 89.7 cm³/mol. The third-order valence-electron chi connectivity index (χ3n) is 4.10. The molecule has 0 unspecified atom stereocenters. The third kappa shape index (κ3) is 2.73. The zero-order valence-corrected chi connectivity index (χ0v) is 14.0. The van der Waals surface area contributed by atoms with Gasteiger partial charge < -0.3 is 14.0 Å². The summed E-state index contributed by atoms with van der Waals surface area (Å²) in [5.41, 5.74) is 0.815. The van der Waals surface area contributed by atoms with Gasteiger partial charge in [-0.25, -0.2) is 0 Å². The first kappa shape index (κ1) is 15.6. The van der Waals surface area contributed by atoms with Crippen LogP contribution in [0, 0.1) is 18.3 Å². The monoisotopic (exact) mass is 330 g/mol. The summed E-state index contributed by atoms with van der Waals surface area (Å²) in [6, 6.07) is 3.67. The summed E-state index contributed by atoms with van der Waals surface area (Å²) in [7, 11) is 3.22. The molecule has 1 aliphatic carbocycles. The summed E-state index contributed by atoms with van der Waals surface area (Å²) in [6.07, 6.45) is 8.46. The van der Waals surface area contributed by atoms with E-state index in [1.165, 1.54) is 11.3 Å². The van der Waals surface area contributed by atoms with Gasteiger partial charge in [0.05, 0.1) is 20.8 Å². The maximum Gasteiger partial charge on any atom is 0.251 e. The van der Waals surface area contributed by atoms with Gasteiger partial charge >= 0.3 is 0 Å². The maximum atomic E-state index is 12.2. The standard InChI is InChI=1S/C17H18N2O3S/c1-4-10-19-14-12(21-2)8-9-13(22-3)15(14)23-17(19)18-16(20)11-6-5-7-11/h1,8-9,11H,5-7,10H2,2-3H3. The van der Waals surface area contributed by atoms with Gasteiger partial charge in [0, 0.05) is 5.92 Å². The largest absolute Gasteiger partial charge is 0.495 e. The van der Waals surface area contributed by atoms with Crippen molar-refractivity contribution in [2.45, 2.75) is 25.8 Å². The van der Waals surface area contributed by atoms with E-state index < -0.39 is 0 Å². The average molecular weight is 330 g/mol. The molecular formula is C17H18N2O3S. The lowest BCUT2D eigenvalue weighted by Crippen LogP contribution is -2.24. The quantitative estimate of drug-likeness (QED) is 0.810. The number of thiazole rings is 1. The second-order valence-electron chi connectivity index (χ2n) is 5.40. The zero-order valence-electron chi connectivity index (χ0n) is 13.2. The molecule has 3 rings (SSSR count). The number of methoxy groups -OCH3 is 2. The van der Waals surface area contributed by atoms with Crippen molar-refractivity contribution in [1.82, 2.24) is 4.57 Å². The number of carbonyl (C=O) groups excluding carboxylic acids is 1. The zero-order chi connectivity index (χ0) is 16.4. The Kier molecular flexibility index (Phi) is 4.39. The lowest BCUT2D eigenvalue weighted by molar-refractivity contribution is -0.124. The molecule has 1 saturated carbocycles. The highest BCUT2D eigenvalue weighted by Crippen LogP contribution is 2.35. The molecule has 6 heteroatoms. The molecule has 23 heavy (non-hydrogen) atoms. The van der Waals surface area contributed by atoms with Gasteiger partial charge in [-0.05, 0) is 25.0 Å². The smallest absolute Gasteiger partial charge is 0.251 e. The molecule has 1 aromatic carbocycles. The highest BCUT2D eigenvalue weighted by molar-refractivity contribution is 7.16. The van der Waals surface area contributed by atoms with E-state index in [9.17, 15) is 4.79 Å². The van der Waals surface area contributed by atoms with E-state index in [1.54, 1.807) is 14.2 Å². The van der Waals surface area contributed by atoms with Gasteiger partial charge in [-0.3, -0.25) is 4.79 Å². The van der Waals surface area contributed by atoms with Crippen LogP contribution in [0.3, 0.4) is 0 Å². The molecule has 0 N–H and O–H groups in total. The lowest BCUT2D eigenvalue weighted by atomic mass is 9.85. The predicted octanol–water partition coefficient (Wildman–Crippen LogP) is 2.58. The number of terminal acetylenes is 1. The normalized spacial score (nSPS) is 15.3. The lowest BCUT2D eigenvalue weighted by Gasteiger charge is -2.20. The first-order valence-corrected chi connectivity index (χ1v) is 8.27. The second kappa shape index (κ2) is 6.47. The molecule has 0 aliphatic heterocycles. The molecule has 1 amide bonds. The van der Waals surface area contributed by atoms with Crippen molar-refractivity contribution in [3.8, 4) is 23.8 Å². The number of ether oxygens (including phenoxy) is 2. The Bertz CT molecular complexity index is 853. The molecule has 0 spiro atoms. The van der Waals surface area contributed by atoms with Gasteiger partial charge in [0.1, 0.15) is 21.7 Å². The molecule has 0 bridgehead atoms. The minimum Gasteiger partial charge on any atom is -0.495 e. The van der Waals surface area contributed by atoms with Crippen LogP contribution in [-0.4, -0.2) is 24.7 Å². The van der Waals surface area contributed by atoms with E-state index in [0.29, 0.717) is 22.8 Å². The number of hydrogen-bond acceptors (Lipinski definition) is 4. The van der Waals surface area contributed by atoms with Gasteiger partial charge in [-0.1, -0.05) is 23.7 Å². The first-order valence-electron chi connectivity index (χ1n) is 7.46. The Balaban J connectivity index is 2.25. The van der Waals surface area contributed by atoms with Gasteiger partial charge in [0.25, 0.3) is 5.91 Å². The molecule has 0 saturated heterocycles. The SMILES string of the molecule is C#CCn1c(=NC(=O)C2CCC2)sc2c(OC)ccc(OC)c21. The molecule has 1 fully saturated rings. The summed E-state index contributed by atoms with van der Waals surface area (Å²) in [4.78, 5) is 17.2. The van der Waals surface area contributed by atoms with Crippen LogP contribution in [0.25, 0.3) is 10.2 Å². The van der Waals surface area contributed by atoms with Gasteiger partial charge in [-0.2, -0.15) is 4.99 Å². The fraction of sp³-hybridized carbons (Fsp3) is 0.412. The van der Waals surface area contributed by atoms with Crippen LogP contribution >= 0.6 is 11.3 Å². The molecule has 1 aromatic heterocycles. The number of aromatic nitrogens is 1. The Labute approximate surface area is 138 Å². The van der Waals surface area contributed by atoms with Crippen LogP contribution < -0.4 is 14.3 Å². The number of fused-ring (bicyclic) bond motifs is 1. The Morgan fingerprint density at radius 1 is 1.39 bits per heavy atom. The fourth-order valence-electron chi connectivity index (χ4n) is 2.62. The van der Waals surface area contributed by atoms with E-state index in [4.69, 9.17) is 15.9 Å². The maximum absolute atomic E-state index is 12.2.